The van der Waals surface area contributed by atoms with Gasteiger partial charge in [-0.3, -0.25) is 0 Å². The number of ether oxygens (including phenoxy) is 1. The van der Waals surface area contributed by atoms with Crippen molar-refractivity contribution < 1.29 is 4.74 Å². The van der Waals surface area contributed by atoms with Gasteiger partial charge in [-0.05, 0) is 38.1 Å². The molecule has 0 amide bonds. The van der Waals surface area contributed by atoms with Crippen molar-refractivity contribution in [3.05, 3.63) is 0 Å². The highest BCUT2D eigenvalue weighted by Gasteiger charge is 2.18. The standard InChI is InChI=1S/C11H21NO/c1-2-5-10(4-1)8-12-11-6-3-7-13-9-11/h10-12H,1-9H2. The van der Waals surface area contributed by atoms with Crippen molar-refractivity contribution in [2.45, 2.75) is 44.6 Å². The van der Waals surface area contributed by atoms with Gasteiger partial charge in [0.05, 0.1) is 6.61 Å². The van der Waals surface area contributed by atoms with E-state index in [0.29, 0.717) is 6.04 Å². The molecule has 1 N–H and O–H groups in total. The lowest BCUT2D eigenvalue weighted by molar-refractivity contribution is 0.0692. The molecule has 1 atom stereocenters. The van der Waals surface area contributed by atoms with Crippen LogP contribution in [0.1, 0.15) is 38.5 Å². The van der Waals surface area contributed by atoms with Crippen LogP contribution in [0.3, 0.4) is 0 Å². The minimum atomic E-state index is 0.648. The van der Waals surface area contributed by atoms with E-state index in [1.165, 1.54) is 45.1 Å². The third kappa shape index (κ3) is 2.96. The van der Waals surface area contributed by atoms with Gasteiger partial charge < -0.3 is 10.1 Å². The summed E-state index contributed by atoms with van der Waals surface area (Å²) in [6, 6.07) is 0.648. The normalized spacial score (nSPS) is 30.9. The molecular formula is C11H21NO. The van der Waals surface area contributed by atoms with Crippen LogP contribution in [0.5, 0.6) is 0 Å². The highest BCUT2D eigenvalue weighted by Crippen LogP contribution is 2.24. The van der Waals surface area contributed by atoms with Crippen LogP contribution < -0.4 is 5.32 Å². The minimum absolute atomic E-state index is 0.648. The maximum atomic E-state index is 5.43. The minimum Gasteiger partial charge on any atom is -0.380 e. The molecule has 0 spiro atoms. The molecule has 1 saturated heterocycles. The van der Waals surface area contributed by atoms with Crippen LogP contribution in [-0.2, 0) is 4.74 Å². The fraction of sp³-hybridized carbons (Fsp3) is 1.00. The van der Waals surface area contributed by atoms with Crippen molar-refractivity contribution in [2.24, 2.45) is 5.92 Å². The van der Waals surface area contributed by atoms with Crippen molar-refractivity contribution in [1.29, 1.82) is 0 Å². The molecule has 1 unspecified atom stereocenters. The Morgan fingerprint density at radius 3 is 2.62 bits per heavy atom. The van der Waals surface area contributed by atoms with Gasteiger partial charge in [0.25, 0.3) is 0 Å². The lowest BCUT2D eigenvalue weighted by Crippen LogP contribution is -2.39. The molecule has 2 rings (SSSR count). The van der Waals surface area contributed by atoms with E-state index in [-0.39, 0.29) is 0 Å². The van der Waals surface area contributed by atoms with Crippen molar-refractivity contribution in [1.82, 2.24) is 5.32 Å². The molecule has 0 aromatic heterocycles. The molecule has 2 heteroatoms. The zero-order chi connectivity index (χ0) is 8.93. The smallest absolute Gasteiger partial charge is 0.0619 e. The Balaban J connectivity index is 1.60. The predicted octanol–water partition coefficient (Wildman–Crippen LogP) is 1.95. The lowest BCUT2D eigenvalue weighted by atomic mass is 10.1. The number of hydrogen-bond donors (Lipinski definition) is 1. The van der Waals surface area contributed by atoms with Gasteiger partial charge in [0, 0.05) is 12.6 Å². The molecule has 2 fully saturated rings. The zero-order valence-corrected chi connectivity index (χ0v) is 8.43. The number of rotatable bonds is 3. The van der Waals surface area contributed by atoms with E-state index in [0.717, 1.165) is 19.1 Å². The van der Waals surface area contributed by atoms with Crippen LogP contribution in [0.2, 0.25) is 0 Å². The van der Waals surface area contributed by atoms with Gasteiger partial charge >= 0.3 is 0 Å². The second kappa shape index (κ2) is 4.97. The molecule has 0 radical (unpaired) electrons. The Morgan fingerprint density at radius 1 is 1.08 bits per heavy atom. The summed E-state index contributed by atoms with van der Waals surface area (Å²) in [7, 11) is 0. The quantitative estimate of drug-likeness (QED) is 0.722. The molecule has 13 heavy (non-hydrogen) atoms. The average molecular weight is 183 g/mol. The summed E-state index contributed by atoms with van der Waals surface area (Å²) in [5, 5.41) is 3.64. The summed E-state index contributed by atoms with van der Waals surface area (Å²) in [5.74, 6) is 0.960. The van der Waals surface area contributed by atoms with E-state index in [4.69, 9.17) is 4.74 Å². The molecule has 0 aromatic rings. The van der Waals surface area contributed by atoms with Gasteiger partial charge in [-0.2, -0.15) is 0 Å². The topological polar surface area (TPSA) is 21.3 Å². The van der Waals surface area contributed by atoms with E-state index < -0.39 is 0 Å². The zero-order valence-electron chi connectivity index (χ0n) is 8.43. The molecular weight excluding hydrogens is 162 g/mol. The second-order valence-corrected chi connectivity index (χ2v) is 4.47. The van der Waals surface area contributed by atoms with E-state index in [9.17, 15) is 0 Å². The molecule has 2 nitrogen and oxygen atoms in total. The van der Waals surface area contributed by atoms with Crippen molar-refractivity contribution in [3.8, 4) is 0 Å². The third-order valence-electron chi connectivity index (χ3n) is 3.33. The Labute approximate surface area is 81.0 Å². The summed E-state index contributed by atoms with van der Waals surface area (Å²) < 4.78 is 5.43. The summed E-state index contributed by atoms with van der Waals surface area (Å²) in [6.45, 7) is 3.14. The van der Waals surface area contributed by atoms with E-state index in [1.54, 1.807) is 0 Å². The highest BCUT2D eigenvalue weighted by atomic mass is 16.5. The Bertz CT molecular complexity index is 137. The Hall–Kier alpha value is -0.0800. The molecule has 1 saturated carbocycles. The second-order valence-electron chi connectivity index (χ2n) is 4.47. The summed E-state index contributed by atoms with van der Waals surface area (Å²) in [5.41, 5.74) is 0. The van der Waals surface area contributed by atoms with Crippen molar-refractivity contribution >= 4 is 0 Å². The van der Waals surface area contributed by atoms with Gasteiger partial charge in [0.15, 0.2) is 0 Å². The summed E-state index contributed by atoms with van der Waals surface area (Å²) in [6.07, 6.45) is 8.34. The van der Waals surface area contributed by atoms with E-state index in [2.05, 4.69) is 5.32 Å². The Kier molecular flexibility index (Phi) is 3.62. The van der Waals surface area contributed by atoms with Crippen LogP contribution in [0.15, 0.2) is 0 Å². The average Bonchev–Trinajstić information content (AvgIpc) is 2.69. The highest BCUT2D eigenvalue weighted by molar-refractivity contribution is 4.75. The van der Waals surface area contributed by atoms with Crippen molar-refractivity contribution in [2.75, 3.05) is 19.8 Å². The first-order valence-corrected chi connectivity index (χ1v) is 5.76. The van der Waals surface area contributed by atoms with E-state index in [1.807, 2.05) is 0 Å². The molecule has 0 bridgehead atoms. The van der Waals surface area contributed by atoms with Gasteiger partial charge in [-0.25, -0.2) is 0 Å². The molecule has 1 aliphatic heterocycles. The predicted molar refractivity (Wildman–Crippen MR) is 53.8 cm³/mol. The van der Waals surface area contributed by atoms with Crippen LogP contribution in [0, 0.1) is 5.92 Å². The molecule has 76 valence electrons. The number of nitrogens with one attached hydrogen (secondary N) is 1. The Morgan fingerprint density at radius 2 is 1.92 bits per heavy atom. The van der Waals surface area contributed by atoms with E-state index >= 15 is 0 Å². The maximum absolute atomic E-state index is 5.43. The van der Waals surface area contributed by atoms with Crippen LogP contribution in [0.4, 0.5) is 0 Å². The van der Waals surface area contributed by atoms with Gasteiger partial charge in [0.1, 0.15) is 0 Å². The largest absolute Gasteiger partial charge is 0.380 e. The van der Waals surface area contributed by atoms with Gasteiger partial charge in [-0.1, -0.05) is 12.8 Å². The summed E-state index contributed by atoms with van der Waals surface area (Å²) in [4.78, 5) is 0. The van der Waals surface area contributed by atoms with Gasteiger partial charge in [-0.15, -0.1) is 0 Å². The third-order valence-corrected chi connectivity index (χ3v) is 3.33. The van der Waals surface area contributed by atoms with Crippen LogP contribution in [-0.4, -0.2) is 25.8 Å². The summed E-state index contributed by atoms with van der Waals surface area (Å²) >= 11 is 0. The SMILES string of the molecule is C1CCC(CNC2CCCOC2)C1. The van der Waals surface area contributed by atoms with Gasteiger partial charge in [0.2, 0.25) is 0 Å². The number of hydrogen-bond acceptors (Lipinski definition) is 2. The first kappa shape index (κ1) is 9.47. The molecule has 2 aliphatic rings. The van der Waals surface area contributed by atoms with Crippen LogP contribution in [0.25, 0.3) is 0 Å². The maximum Gasteiger partial charge on any atom is 0.0619 e. The molecule has 1 aliphatic carbocycles. The fourth-order valence-corrected chi connectivity index (χ4v) is 2.45. The van der Waals surface area contributed by atoms with Crippen molar-refractivity contribution in [3.63, 3.8) is 0 Å². The fourth-order valence-electron chi connectivity index (χ4n) is 2.45. The molecule has 1 heterocycles. The van der Waals surface area contributed by atoms with Crippen LogP contribution >= 0.6 is 0 Å². The first-order chi connectivity index (χ1) is 6.45. The molecule has 0 aromatic carbocycles. The lowest BCUT2D eigenvalue weighted by Gasteiger charge is -2.24. The first-order valence-electron chi connectivity index (χ1n) is 5.76. The monoisotopic (exact) mass is 183 g/mol.